The lowest BCUT2D eigenvalue weighted by Crippen LogP contribution is -2.45. The van der Waals surface area contributed by atoms with E-state index in [9.17, 15) is 0 Å². The number of rotatable bonds is 7. The van der Waals surface area contributed by atoms with Crippen molar-refractivity contribution in [3.05, 3.63) is 11.6 Å². The Balaban J connectivity index is 2.25. The summed E-state index contributed by atoms with van der Waals surface area (Å²) in [5, 5.41) is 0. The molecular formula is C18H34O2. The van der Waals surface area contributed by atoms with E-state index in [-0.39, 0.29) is 11.2 Å². The van der Waals surface area contributed by atoms with Crippen LogP contribution in [0.2, 0.25) is 0 Å². The van der Waals surface area contributed by atoms with Gasteiger partial charge in [-0.25, -0.2) is 0 Å². The molecule has 1 heterocycles. The van der Waals surface area contributed by atoms with Crippen molar-refractivity contribution in [3.8, 4) is 0 Å². The van der Waals surface area contributed by atoms with Crippen molar-refractivity contribution in [1.82, 2.24) is 0 Å². The molecule has 0 atom stereocenters. The van der Waals surface area contributed by atoms with Crippen molar-refractivity contribution >= 4 is 0 Å². The molecule has 0 saturated carbocycles. The SMILES string of the molecule is C/C(=C\CCC1(C)OCC(C)(C)CO1)CCCC(C)C. The summed E-state index contributed by atoms with van der Waals surface area (Å²) in [6, 6.07) is 0. The van der Waals surface area contributed by atoms with Gasteiger partial charge < -0.3 is 9.47 Å². The molecule has 20 heavy (non-hydrogen) atoms. The van der Waals surface area contributed by atoms with Crippen molar-refractivity contribution in [3.63, 3.8) is 0 Å². The van der Waals surface area contributed by atoms with Crippen molar-refractivity contribution in [1.29, 1.82) is 0 Å². The molecule has 1 saturated heterocycles. The van der Waals surface area contributed by atoms with Crippen LogP contribution in [-0.4, -0.2) is 19.0 Å². The Kier molecular flexibility index (Phi) is 6.74. The fourth-order valence-electron chi connectivity index (χ4n) is 2.40. The third kappa shape index (κ3) is 6.90. The Morgan fingerprint density at radius 1 is 1.15 bits per heavy atom. The van der Waals surface area contributed by atoms with Crippen LogP contribution in [0.1, 0.15) is 73.6 Å². The van der Waals surface area contributed by atoms with Crippen LogP contribution in [0.4, 0.5) is 0 Å². The van der Waals surface area contributed by atoms with Crippen LogP contribution in [0, 0.1) is 11.3 Å². The van der Waals surface area contributed by atoms with Crippen molar-refractivity contribution in [2.45, 2.75) is 79.4 Å². The highest BCUT2D eigenvalue weighted by molar-refractivity contribution is 4.98. The average molecular weight is 282 g/mol. The van der Waals surface area contributed by atoms with Gasteiger partial charge in [0, 0.05) is 11.8 Å². The molecule has 2 nitrogen and oxygen atoms in total. The van der Waals surface area contributed by atoms with E-state index in [2.05, 4.69) is 47.6 Å². The van der Waals surface area contributed by atoms with E-state index >= 15 is 0 Å². The molecule has 1 aliphatic heterocycles. The molecule has 0 unspecified atom stereocenters. The van der Waals surface area contributed by atoms with Crippen LogP contribution in [-0.2, 0) is 9.47 Å². The lowest BCUT2D eigenvalue weighted by Gasteiger charge is -2.41. The quantitative estimate of drug-likeness (QED) is 0.588. The smallest absolute Gasteiger partial charge is 0.165 e. The summed E-state index contributed by atoms with van der Waals surface area (Å²) in [5.41, 5.74) is 1.66. The second-order valence-electron chi connectivity index (χ2n) is 7.75. The van der Waals surface area contributed by atoms with Gasteiger partial charge in [-0.3, -0.25) is 0 Å². The van der Waals surface area contributed by atoms with Crippen molar-refractivity contribution in [2.24, 2.45) is 11.3 Å². The number of hydrogen-bond acceptors (Lipinski definition) is 2. The highest BCUT2D eigenvalue weighted by Crippen LogP contribution is 2.32. The maximum atomic E-state index is 5.92. The second-order valence-corrected chi connectivity index (χ2v) is 7.75. The van der Waals surface area contributed by atoms with Gasteiger partial charge in [0.15, 0.2) is 5.79 Å². The van der Waals surface area contributed by atoms with Crippen LogP contribution < -0.4 is 0 Å². The predicted molar refractivity (Wildman–Crippen MR) is 85.8 cm³/mol. The Labute approximate surface area is 125 Å². The molecule has 0 aliphatic carbocycles. The summed E-state index contributed by atoms with van der Waals surface area (Å²) >= 11 is 0. The van der Waals surface area contributed by atoms with Gasteiger partial charge in [0.2, 0.25) is 0 Å². The van der Waals surface area contributed by atoms with Gasteiger partial charge in [-0.2, -0.15) is 0 Å². The van der Waals surface area contributed by atoms with Gasteiger partial charge in [-0.05, 0) is 39.0 Å². The van der Waals surface area contributed by atoms with E-state index in [4.69, 9.17) is 9.47 Å². The first-order valence-corrected chi connectivity index (χ1v) is 8.16. The minimum atomic E-state index is -0.385. The Morgan fingerprint density at radius 2 is 1.75 bits per heavy atom. The first kappa shape index (κ1) is 17.7. The molecule has 0 aromatic rings. The molecule has 0 radical (unpaired) electrons. The normalized spacial score (nSPS) is 22.2. The summed E-state index contributed by atoms with van der Waals surface area (Å²) in [6.45, 7) is 14.9. The molecule has 0 bridgehead atoms. The average Bonchev–Trinajstić information content (AvgIpc) is 2.33. The van der Waals surface area contributed by atoms with Crippen molar-refractivity contribution < 1.29 is 9.47 Å². The van der Waals surface area contributed by atoms with Crippen LogP contribution >= 0.6 is 0 Å². The molecule has 1 rings (SSSR count). The molecule has 0 spiro atoms. The molecule has 0 aromatic carbocycles. The lowest BCUT2D eigenvalue weighted by molar-refractivity contribution is -0.291. The highest BCUT2D eigenvalue weighted by atomic mass is 16.7. The Morgan fingerprint density at radius 3 is 2.30 bits per heavy atom. The lowest BCUT2D eigenvalue weighted by atomic mass is 9.94. The zero-order valence-corrected chi connectivity index (χ0v) is 14.4. The summed E-state index contributed by atoms with van der Waals surface area (Å²) in [6.07, 6.45) is 8.21. The van der Waals surface area contributed by atoms with E-state index in [1.54, 1.807) is 0 Å². The molecule has 1 aliphatic rings. The maximum Gasteiger partial charge on any atom is 0.165 e. The van der Waals surface area contributed by atoms with Gasteiger partial charge >= 0.3 is 0 Å². The van der Waals surface area contributed by atoms with Crippen LogP contribution in [0.5, 0.6) is 0 Å². The van der Waals surface area contributed by atoms with Gasteiger partial charge in [-0.1, -0.05) is 45.8 Å². The monoisotopic (exact) mass is 282 g/mol. The van der Waals surface area contributed by atoms with Gasteiger partial charge in [0.25, 0.3) is 0 Å². The minimum absolute atomic E-state index is 0.155. The minimum Gasteiger partial charge on any atom is -0.350 e. The molecule has 0 aromatic heterocycles. The largest absolute Gasteiger partial charge is 0.350 e. The van der Waals surface area contributed by atoms with Gasteiger partial charge in [-0.15, -0.1) is 0 Å². The van der Waals surface area contributed by atoms with Crippen LogP contribution in [0.3, 0.4) is 0 Å². The van der Waals surface area contributed by atoms with Gasteiger partial charge in [0.1, 0.15) is 0 Å². The van der Waals surface area contributed by atoms with E-state index < -0.39 is 0 Å². The molecule has 1 fully saturated rings. The Hall–Kier alpha value is -0.340. The molecule has 2 heteroatoms. The summed E-state index contributed by atoms with van der Waals surface area (Å²) < 4.78 is 11.8. The summed E-state index contributed by atoms with van der Waals surface area (Å²) in [5.74, 6) is 0.429. The third-order valence-electron chi connectivity index (χ3n) is 3.98. The number of hydrogen-bond donors (Lipinski definition) is 0. The first-order valence-electron chi connectivity index (χ1n) is 8.16. The molecule has 118 valence electrons. The van der Waals surface area contributed by atoms with Crippen LogP contribution in [0.15, 0.2) is 11.6 Å². The molecule has 0 amide bonds. The Bertz CT molecular complexity index is 305. The van der Waals surface area contributed by atoms with Gasteiger partial charge in [0.05, 0.1) is 13.2 Å². The number of ether oxygens (including phenoxy) is 2. The predicted octanol–water partition coefficient (Wildman–Crippen LogP) is 5.33. The first-order chi connectivity index (χ1) is 9.22. The van der Waals surface area contributed by atoms with E-state index in [0.29, 0.717) is 0 Å². The second kappa shape index (κ2) is 7.61. The summed E-state index contributed by atoms with van der Waals surface area (Å²) in [7, 11) is 0. The standard InChI is InChI=1S/C18H34O2/c1-15(2)9-7-10-16(3)11-8-12-18(6)19-13-17(4,5)14-20-18/h11,15H,7-10,12-14H2,1-6H3/b16-11+. The van der Waals surface area contributed by atoms with E-state index in [0.717, 1.165) is 32.0 Å². The summed E-state index contributed by atoms with van der Waals surface area (Å²) in [4.78, 5) is 0. The van der Waals surface area contributed by atoms with E-state index in [1.165, 1.54) is 24.8 Å². The fourth-order valence-corrected chi connectivity index (χ4v) is 2.40. The zero-order chi connectivity index (χ0) is 15.2. The molecule has 0 N–H and O–H groups in total. The topological polar surface area (TPSA) is 18.5 Å². The zero-order valence-electron chi connectivity index (χ0n) is 14.4. The number of allylic oxidation sites excluding steroid dienone is 2. The molecular weight excluding hydrogens is 248 g/mol. The maximum absolute atomic E-state index is 5.92. The van der Waals surface area contributed by atoms with E-state index in [1.807, 2.05) is 0 Å². The van der Waals surface area contributed by atoms with Crippen LogP contribution in [0.25, 0.3) is 0 Å². The van der Waals surface area contributed by atoms with Crippen molar-refractivity contribution in [2.75, 3.05) is 13.2 Å². The third-order valence-corrected chi connectivity index (χ3v) is 3.98. The highest BCUT2D eigenvalue weighted by Gasteiger charge is 2.36. The fraction of sp³-hybridized carbons (Fsp3) is 0.889.